The van der Waals surface area contributed by atoms with Gasteiger partial charge >= 0.3 is 12.0 Å². The second kappa shape index (κ2) is 10.8. The summed E-state index contributed by atoms with van der Waals surface area (Å²) in [6.45, 7) is 8.87. The Labute approximate surface area is 132 Å². The molecule has 0 aliphatic carbocycles. The minimum absolute atomic E-state index is 0.155. The SMILES string of the molecule is CCC(CC)N(CC(C)C)C(=O)N[C@@H](CCSC)C(=O)O. The van der Waals surface area contributed by atoms with Crippen molar-refractivity contribution in [2.75, 3.05) is 18.6 Å². The van der Waals surface area contributed by atoms with Gasteiger partial charge in [0.1, 0.15) is 6.04 Å². The van der Waals surface area contributed by atoms with E-state index in [4.69, 9.17) is 0 Å². The average molecular weight is 318 g/mol. The van der Waals surface area contributed by atoms with Crippen LogP contribution in [0.3, 0.4) is 0 Å². The molecule has 0 rings (SSSR count). The molecule has 124 valence electrons. The number of carboxylic acids is 1. The largest absolute Gasteiger partial charge is 0.480 e. The van der Waals surface area contributed by atoms with E-state index >= 15 is 0 Å². The fourth-order valence-electron chi connectivity index (χ4n) is 2.25. The van der Waals surface area contributed by atoms with Crippen molar-refractivity contribution in [2.24, 2.45) is 5.92 Å². The minimum atomic E-state index is -0.966. The number of amides is 2. The van der Waals surface area contributed by atoms with Gasteiger partial charge in [0.15, 0.2) is 0 Å². The lowest BCUT2D eigenvalue weighted by Crippen LogP contribution is -2.52. The highest BCUT2D eigenvalue weighted by molar-refractivity contribution is 7.98. The van der Waals surface area contributed by atoms with Crippen molar-refractivity contribution in [1.82, 2.24) is 10.2 Å². The lowest BCUT2D eigenvalue weighted by molar-refractivity contribution is -0.139. The number of carboxylic acid groups (broad SMARTS) is 1. The van der Waals surface area contributed by atoms with Crippen molar-refractivity contribution < 1.29 is 14.7 Å². The molecule has 0 fully saturated rings. The van der Waals surface area contributed by atoms with E-state index in [0.29, 0.717) is 24.6 Å². The summed E-state index contributed by atoms with van der Waals surface area (Å²) in [5, 5.41) is 11.9. The lowest BCUT2D eigenvalue weighted by Gasteiger charge is -2.33. The first kappa shape index (κ1) is 20.1. The average Bonchev–Trinajstić information content (AvgIpc) is 2.42. The summed E-state index contributed by atoms with van der Waals surface area (Å²) in [5.41, 5.74) is 0. The first-order valence-corrected chi connectivity index (χ1v) is 9.05. The molecule has 2 amide bonds. The van der Waals surface area contributed by atoms with Crippen LogP contribution >= 0.6 is 11.8 Å². The third-order valence-corrected chi connectivity index (χ3v) is 4.06. The van der Waals surface area contributed by atoms with E-state index in [1.165, 1.54) is 0 Å². The Morgan fingerprint density at radius 2 is 1.81 bits per heavy atom. The predicted molar refractivity (Wildman–Crippen MR) is 88.9 cm³/mol. The van der Waals surface area contributed by atoms with Crippen LogP contribution in [0.1, 0.15) is 47.0 Å². The molecule has 21 heavy (non-hydrogen) atoms. The maximum atomic E-state index is 12.5. The Hall–Kier alpha value is -0.910. The predicted octanol–water partition coefficient (Wildman–Crippen LogP) is 3.05. The highest BCUT2D eigenvalue weighted by Gasteiger charge is 2.26. The van der Waals surface area contributed by atoms with Crippen molar-refractivity contribution in [1.29, 1.82) is 0 Å². The van der Waals surface area contributed by atoms with E-state index in [9.17, 15) is 14.7 Å². The van der Waals surface area contributed by atoms with Crippen molar-refractivity contribution in [3.8, 4) is 0 Å². The van der Waals surface area contributed by atoms with E-state index in [1.807, 2.05) is 6.26 Å². The van der Waals surface area contributed by atoms with Gasteiger partial charge in [-0.05, 0) is 37.2 Å². The highest BCUT2D eigenvalue weighted by Crippen LogP contribution is 2.12. The Morgan fingerprint density at radius 1 is 1.24 bits per heavy atom. The van der Waals surface area contributed by atoms with E-state index in [0.717, 1.165) is 12.8 Å². The molecule has 0 radical (unpaired) electrons. The third-order valence-electron chi connectivity index (χ3n) is 3.41. The Kier molecular flexibility index (Phi) is 10.3. The van der Waals surface area contributed by atoms with Crippen molar-refractivity contribution in [2.45, 2.75) is 59.0 Å². The highest BCUT2D eigenvalue weighted by atomic mass is 32.2. The van der Waals surface area contributed by atoms with Gasteiger partial charge < -0.3 is 15.3 Å². The van der Waals surface area contributed by atoms with Crippen LogP contribution in [0.4, 0.5) is 4.79 Å². The first-order chi connectivity index (χ1) is 9.87. The van der Waals surface area contributed by atoms with Crippen molar-refractivity contribution >= 4 is 23.8 Å². The number of hydrogen-bond donors (Lipinski definition) is 2. The van der Waals surface area contributed by atoms with Crippen LogP contribution in [0.15, 0.2) is 0 Å². The molecular weight excluding hydrogens is 288 g/mol. The van der Waals surface area contributed by atoms with E-state index in [2.05, 4.69) is 33.0 Å². The zero-order chi connectivity index (χ0) is 16.4. The zero-order valence-electron chi connectivity index (χ0n) is 13.9. The van der Waals surface area contributed by atoms with Gasteiger partial charge in [0, 0.05) is 12.6 Å². The van der Waals surface area contributed by atoms with Crippen LogP contribution in [0.25, 0.3) is 0 Å². The molecular formula is C15H30N2O3S. The molecule has 1 atom stereocenters. The summed E-state index contributed by atoms with van der Waals surface area (Å²) in [6, 6.07) is -0.915. The number of urea groups is 1. The maximum absolute atomic E-state index is 12.5. The van der Waals surface area contributed by atoms with Gasteiger partial charge in [-0.15, -0.1) is 0 Å². The van der Waals surface area contributed by atoms with Crippen molar-refractivity contribution in [3.05, 3.63) is 0 Å². The Morgan fingerprint density at radius 3 is 2.19 bits per heavy atom. The van der Waals surface area contributed by atoms with Gasteiger partial charge in [-0.2, -0.15) is 11.8 Å². The number of nitrogens with zero attached hydrogens (tertiary/aromatic N) is 1. The van der Waals surface area contributed by atoms with Gasteiger partial charge in [0.2, 0.25) is 0 Å². The summed E-state index contributed by atoms with van der Waals surface area (Å²) in [5.74, 6) is 0.101. The molecule has 0 spiro atoms. The number of aliphatic carboxylic acids is 1. The molecule has 0 heterocycles. The van der Waals surface area contributed by atoms with Gasteiger partial charge in [0.05, 0.1) is 0 Å². The second-order valence-corrected chi connectivity index (χ2v) is 6.62. The standard InChI is InChI=1S/C15H30N2O3S/c1-6-12(7-2)17(10-11(3)4)15(20)16-13(14(18)19)8-9-21-5/h11-13H,6-10H2,1-5H3,(H,16,20)(H,18,19)/t13-/m0/s1. The fourth-order valence-corrected chi connectivity index (χ4v) is 2.72. The van der Waals surface area contributed by atoms with E-state index in [1.54, 1.807) is 16.7 Å². The number of rotatable bonds is 10. The summed E-state index contributed by atoms with van der Waals surface area (Å²) in [7, 11) is 0. The van der Waals surface area contributed by atoms with E-state index in [-0.39, 0.29) is 12.1 Å². The molecule has 0 aromatic heterocycles. The second-order valence-electron chi connectivity index (χ2n) is 5.64. The maximum Gasteiger partial charge on any atom is 0.326 e. The van der Waals surface area contributed by atoms with Crippen LogP contribution in [0.5, 0.6) is 0 Å². The summed E-state index contributed by atoms with van der Waals surface area (Å²) >= 11 is 1.58. The molecule has 0 unspecified atom stereocenters. The van der Waals surface area contributed by atoms with Gasteiger partial charge in [0.25, 0.3) is 0 Å². The first-order valence-electron chi connectivity index (χ1n) is 7.66. The molecule has 5 nitrogen and oxygen atoms in total. The van der Waals surface area contributed by atoms with Gasteiger partial charge in [-0.3, -0.25) is 0 Å². The molecule has 0 aromatic rings. The molecule has 0 aromatic carbocycles. The number of nitrogens with one attached hydrogen (secondary N) is 1. The van der Waals surface area contributed by atoms with Crippen molar-refractivity contribution in [3.63, 3.8) is 0 Å². The number of carbonyl (C=O) groups is 2. The minimum Gasteiger partial charge on any atom is -0.480 e. The molecule has 0 bridgehead atoms. The van der Waals surface area contributed by atoms with E-state index < -0.39 is 12.0 Å². The molecule has 0 aliphatic rings. The lowest BCUT2D eigenvalue weighted by atomic mass is 10.1. The molecule has 0 aliphatic heterocycles. The monoisotopic (exact) mass is 318 g/mol. The Balaban J connectivity index is 4.87. The number of carbonyl (C=O) groups excluding carboxylic acids is 1. The quantitative estimate of drug-likeness (QED) is 0.649. The van der Waals surface area contributed by atoms with Gasteiger partial charge in [-0.1, -0.05) is 27.7 Å². The Bertz CT molecular complexity index is 320. The van der Waals surface area contributed by atoms with Crippen LogP contribution < -0.4 is 5.32 Å². The van der Waals surface area contributed by atoms with Crippen LogP contribution in [-0.2, 0) is 4.79 Å². The molecule has 0 saturated carbocycles. The summed E-state index contributed by atoms with van der Waals surface area (Å²) < 4.78 is 0. The number of thioether (sulfide) groups is 1. The summed E-state index contributed by atoms with van der Waals surface area (Å²) in [6.07, 6.45) is 4.12. The number of hydrogen-bond acceptors (Lipinski definition) is 3. The normalized spacial score (nSPS) is 12.5. The smallest absolute Gasteiger partial charge is 0.326 e. The fraction of sp³-hybridized carbons (Fsp3) is 0.867. The topological polar surface area (TPSA) is 69.6 Å². The van der Waals surface area contributed by atoms with Crippen LogP contribution in [-0.4, -0.2) is 52.6 Å². The molecule has 2 N–H and O–H groups in total. The summed E-state index contributed by atoms with van der Waals surface area (Å²) in [4.78, 5) is 25.5. The van der Waals surface area contributed by atoms with Crippen LogP contribution in [0, 0.1) is 5.92 Å². The molecule has 0 saturated heterocycles. The zero-order valence-corrected chi connectivity index (χ0v) is 14.7. The molecule has 6 heteroatoms. The third kappa shape index (κ3) is 7.60. The van der Waals surface area contributed by atoms with Crippen LogP contribution in [0.2, 0.25) is 0 Å². The van der Waals surface area contributed by atoms with Gasteiger partial charge in [-0.25, -0.2) is 9.59 Å².